The molecule has 5 heteroatoms. The second kappa shape index (κ2) is 3.98. The van der Waals surface area contributed by atoms with Crippen LogP contribution in [-0.2, 0) is 0 Å². The van der Waals surface area contributed by atoms with E-state index in [9.17, 15) is 4.79 Å². The lowest BCUT2D eigenvalue weighted by Crippen LogP contribution is -2.30. The summed E-state index contributed by atoms with van der Waals surface area (Å²) in [5, 5.41) is 19.0. The van der Waals surface area contributed by atoms with Crippen LogP contribution in [0.2, 0.25) is 0 Å². The first-order chi connectivity index (χ1) is 8.66. The summed E-state index contributed by atoms with van der Waals surface area (Å²) in [4.78, 5) is 12.2. The lowest BCUT2D eigenvalue weighted by Gasteiger charge is -2.03. The Kier molecular flexibility index (Phi) is 2.43. The molecule has 2 N–H and O–H groups in total. The van der Waals surface area contributed by atoms with Gasteiger partial charge in [-0.15, -0.1) is 0 Å². The molecule has 0 aliphatic heterocycles. The van der Waals surface area contributed by atoms with E-state index in [1.165, 1.54) is 12.1 Å². The molecule has 0 atom stereocenters. The molecular formula is C13H9BO4. The van der Waals surface area contributed by atoms with E-state index in [1.54, 1.807) is 30.3 Å². The zero-order valence-corrected chi connectivity index (χ0v) is 9.33. The standard InChI is InChI=1S/C13H9BO4/c15-13-9-3-1-2-4-11(9)18-12-6-5-8(14(16)17)7-10(12)13/h1-7,16-17H. The Hall–Kier alpha value is -2.11. The minimum atomic E-state index is -1.60. The molecule has 3 rings (SSSR count). The average Bonchev–Trinajstić information content (AvgIpc) is 2.38. The number of para-hydroxylation sites is 1. The van der Waals surface area contributed by atoms with Gasteiger partial charge in [0.15, 0.2) is 0 Å². The minimum absolute atomic E-state index is 0.172. The summed E-state index contributed by atoms with van der Waals surface area (Å²) in [7, 11) is -1.60. The molecule has 88 valence electrons. The fourth-order valence-electron chi connectivity index (χ4n) is 1.98. The van der Waals surface area contributed by atoms with Gasteiger partial charge in [0.05, 0.1) is 10.8 Å². The number of fused-ring (bicyclic) bond motifs is 2. The minimum Gasteiger partial charge on any atom is -0.456 e. The second-order valence-corrected chi connectivity index (χ2v) is 4.06. The van der Waals surface area contributed by atoms with Crippen LogP contribution in [0.4, 0.5) is 0 Å². The number of benzene rings is 2. The topological polar surface area (TPSA) is 70.7 Å². The molecule has 0 amide bonds. The van der Waals surface area contributed by atoms with E-state index < -0.39 is 7.12 Å². The van der Waals surface area contributed by atoms with Gasteiger partial charge in [-0.3, -0.25) is 4.79 Å². The molecule has 0 saturated heterocycles. The number of hydrogen-bond donors (Lipinski definition) is 2. The van der Waals surface area contributed by atoms with Gasteiger partial charge in [0.25, 0.3) is 0 Å². The molecule has 0 bridgehead atoms. The van der Waals surface area contributed by atoms with Gasteiger partial charge in [0.2, 0.25) is 5.43 Å². The molecule has 0 saturated carbocycles. The summed E-state index contributed by atoms with van der Waals surface area (Å²) in [6, 6.07) is 11.5. The van der Waals surface area contributed by atoms with Crippen molar-refractivity contribution in [1.82, 2.24) is 0 Å². The lowest BCUT2D eigenvalue weighted by molar-refractivity contribution is 0.426. The third kappa shape index (κ3) is 1.61. The summed E-state index contributed by atoms with van der Waals surface area (Å²) in [5.41, 5.74) is 1.05. The predicted octanol–water partition coefficient (Wildman–Crippen LogP) is 0.626. The van der Waals surface area contributed by atoms with Crippen molar-refractivity contribution in [3.8, 4) is 0 Å². The Bertz CT molecular complexity index is 792. The molecule has 1 aromatic heterocycles. The first kappa shape index (κ1) is 11.0. The normalized spacial score (nSPS) is 11.0. The summed E-state index contributed by atoms with van der Waals surface area (Å²) in [6.45, 7) is 0. The molecule has 0 fully saturated rings. The molecule has 0 aliphatic carbocycles. The zero-order valence-electron chi connectivity index (χ0n) is 9.33. The van der Waals surface area contributed by atoms with Crippen LogP contribution in [0.25, 0.3) is 21.9 Å². The van der Waals surface area contributed by atoms with Gasteiger partial charge in [0, 0.05) is 0 Å². The van der Waals surface area contributed by atoms with Crippen LogP contribution in [0.5, 0.6) is 0 Å². The van der Waals surface area contributed by atoms with Crippen molar-refractivity contribution >= 4 is 34.5 Å². The first-order valence-corrected chi connectivity index (χ1v) is 5.48. The maximum absolute atomic E-state index is 12.2. The van der Waals surface area contributed by atoms with Gasteiger partial charge in [-0.25, -0.2) is 0 Å². The van der Waals surface area contributed by atoms with Gasteiger partial charge in [-0.05, 0) is 29.7 Å². The van der Waals surface area contributed by atoms with Crippen LogP contribution in [0.3, 0.4) is 0 Å². The molecular weight excluding hydrogens is 231 g/mol. The fraction of sp³-hybridized carbons (Fsp3) is 0. The molecule has 4 nitrogen and oxygen atoms in total. The highest BCUT2D eigenvalue weighted by Crippen LogP contribution is 2.17. The fourth-order valence-corrected chi connectivity index (χ4v) is 1.98. The van der Waals surface area contributed by atoms with E-state index in [-0.39, 0.29) is 10.9 Å². The maximum atomic E-state index is 12.2. The van der Waals surface area contributed by atoms with Crippen molar-refractivity contribution in [3.05, 3.63) is 52.7 Å². The Morgan fingerprint density at radius 1 is 0.944 bits per heavy atom. The summed E-state index contributed by atoms with van der Waals surface area (Å²) < 4.78 is 5.60. The molecule has 0 unspecified atom stereocenters. The van der Waals surface area contributed by atoms with Crippen molar-refractivity contribution in [2.24, 2.45) is 0 Å². The highest BCUT2D eigenvalue weighted by Gasteiger charge is 2.14. The van der Waals surface area contributed by atoms with Crippen molar-refractivity contribution in [3.63, 3.8) is 0 Å². The molecule has 3 aromatic rings. The quantitative estimate of drug-likeness (QED) is 0.483. The summed E-state index contributed by atoms with van der Waals surface area (Å²) in [5.74, 6) is 0. The van der Waals surface area contributed by atoms with Gasteiger partial charge in [-0.2, -0.15) is 0 Å². The zero-order chi connectivity index (χ0) is 12.7. The number of rotatable bonds is 1. The largest absolute Gasteiger partial charge is 0.488 e. The van der Waals surface area contributed by atoms with E-state index in [0.29, 0.717) is 21.9 Å². The molecule has 0 aliphatic rings. The van der Waals surface area contributed by atoms with E-state index >= 15 is 0 Å². The average molecular weight is 240 g/mol. The van der Waals surface area contributed by atoms with Crippen LogP contribution >= 0.6 is 0 Å². The van der Waals surface area contributed by atoms with Crippen LogP contribution in [0.1, 0.15) is 0 Å². The highest BCUT2D eigenvalue weighted by atomic mass is 16.4. The van der Waals surface area contributed by atoms with Gasteiger partial charge in [-0.1, -0.05) is 18.2 Å². The monoisotopic (exact) mass is 240 g/mol. The van der Waals surface area contributed by atoms with Crippen molar-refractivity contribution in [2.45, 2.75) is 0 Å². The Labute approximate surface area is 102 Å². The lowest BCUT2D eigenvalue weighted by atomic mass is 9.80. The van der Waals surface area contributed by atoms with Crippen molar-refractivity contribution < 1.29 is 14.5 Å². The van der Waals surface area contributed by atoms with Crippen LogP contribution < -0.4 is 10.9 Å². The van der Waals surface area contributed by atoms with E-state index in [0.717, 1.165) is 0 Å². The molecule has 1 heterocycles. The van der Waals surface area contributed by atoms with Gasteiger partial charge < -0.3 is 14.5 Å². The summed E-state index contributed by atoms with van der Waals surface area (Å²) >= 11 is 0. The Morgan fingerprint density at radius 2 is 1.67 bits per heavy atom. The van der Waals surface area contributed by atoms with Gasteiger partial charge in [0.1, 0.15) is 11.2 Å². The van der Waals surface area contributed by atoms with Crippen molar-refractivity contribution in [2.75, 3.05) is 0 Å². The van der Waals surface area contributed by atoms with E-state index in [1.807, 2.05) is 0 Å². The SMILES string of the molecule is O=c1c2ccccc2oc2ccc(B(O)O)cc12. The van der Waals surface area contributed by atoms with E-state index in [4.69, 9.17) is 14.5 Å². The summed E-state index contributed by atoms with van der Waals surface area (Å²) in [6.07, 6.45) is 0. The Balaban J connectivity index is 2.45. The maximum Gasteiger partial charge on any atom is 0.488 e. The molecule has 2 aromatic carbocycles. The third-order valence-electron chi connectivity index (χ3n) is 2.90. The van der Waals surface area contributed by atoms with Crippen LogP contribution in [-0.4, -0.2) is 17.2 Å². The third-order valence-corrected chi connectivity index (χ3v) is 2.90. The molecule has 0 spiro atoms. The van der Waals surface area contributed by atoms with Crippen molar-refractivity contribution in [1.29, 1.82) is 0 Å². The first-order valence-electron chi connectivity index (χ1n) is 5.48. The predicted molar refractivity (Wildman–Crippen MR) is 69.8 cm³/mol. The molecule has 18 heavy (non-hydrogen) atoms. The van der Waals surface area contributed by atoms with Crippen LogP contribution in [0, 0.1) is 0 Å². The van der Waals surface area contributed by atoms with E-state index in [2.05, 4.69) is 0 Å². The number of hydrogen-bond acceptors (Lipinski definition) is 4. The molecule has 0 radical (unpaired) electrons. The highest BCUT2D eigenvalue weighted by molar-refractivity contribution is 6.58. The smallest absolute Gasteiger partial charge is 0.456 e. The second-order valence-electron chi connectivity index (χ2n) is 4.06. The van der Waals surface area contributed by atoms with Gasteiger partial charge >= 0.3 is 7.12 Å². The van der Waals surface area contributed by atoms with Crippen LogP contribution in [0.15, 0.2) is 51.7 Å². The Morgan fingerprint density at radius 3 is 2.44 bits per heavy atom.